The summed E-state index contributed by atoms with van der Waals surface area (Å²) >= 11 is 0. The van der Waals surface area contributed by atoms with Crippen LogP contribution in [0.5, 0.6) is 0 Å². The average Bonchev–Trinajstić information content (AvgIpc) is 2.64. The standard InChI is InChI=1S/C22H37NO4/c1-22(2,3)27-21(24)23(4)19-14-12-18(13-15-19)10-6-5-8-16-25-20-11-7-9-17-26-20/h18-20H,5,7-9,11-17H2,1-4H3/t18-,19-,20?. The molecule has 0 bridgehead atoms. The largest absolute Gasteiger partial charge is 0.444 e. The van der Waals surface area contributed by atoms with Crippen molar-refractivity contribution in [3.8, 4) is 11.8 Å². The molecule has 1 amide bonds. The molecule has 1 saturated carbocycles. The van der Waals surface area contributed by atoms with Gasteiger partial charge >= 0.3 is 6.09 Å². The summed E-state index contributed by atoms with van der Waals surface area (Å²) in [6.07, 6.45) is 9.10. The van der Waals surface area contributed by atoms with E-state index in [1.54, 1.807) is 4.90 Å². The zero-order valence-electron chi connectivity index (χ0n) is 17.6. The first kappa shape index (κ1) is 22.0. The minimum absolute atomic E-state index is 0.00366. The fourth-order valence-corrected chi connectivity index (χ4v) is 3.52. The summed E-state index contributed by atoms with van der Waals surface area (Å²) in [5, 5.41) is 0. The van der Waals surface area contributed by atoms with E-state index in [1.165, 1.54) is 6.42 Å². The van der Waals surface area contributed by atoms with Crippen molar-refractivity contribution in [2.24, 2.45) is 5.92 Å². The van der Waals surface area contributed by atoms with Gasteiger partial charge < -0.3 is 19.1 Å². The van der Waals surface area contributed by atoms with Crippen molar-refractivity contribution in [3.05, 3.63) is 0 Å². The van der Waals surface area contributed by atoms with Gasteiger partial charge in [0.25, 0.3) is 0 Å². The van der Waals surface area contributed by atoms with Crippen LogP contribution in [0, 0.1) is 17.8 Å². The number of carbonyl (C=O) groups excluding carboxylic acids is 1. The lowest BCUT2D eigenvalue weighted by Gasteiger charge is -2.34. The summed E-state index contributed by atoms with van der Waals surface area (Å²) in [5.41, 5.74) is -0.444. The Morgan fingerprint density at radius 1 is 1.15 bits per heavy atom. The molecule has 1 aliphatic heterocycles. The van der Waals surface area contributed by atoms with Crippen LogP contribution in [-0.2, 0) is 14.2 Å². The Morgan fingerprint density at radius 2 is 1.89 bits per heavy atom. The smallest absolute Gasteiger partial charge is 0.410 e. The highest BCUT2D eigenvalue weighted by molar-refractivity contribution is 5.68. The maximum Gasteiger partial charge on any atom is 0.410 e. The number of hydrogen-bond acceptors (Lipinski definition) is 4. The molecule has 0 radical (unpaired) electrons. The third-order valence-electron chi connectivity index (χ3n) is 5.12. The van der Waals surface area contributed by atoms with Crippen molar-refractivity contribution in [2.45, 2.75) is 96.5 Å². The highest BCUT2D eigenvalue weighted by Crippen LogP contribution is 2.27. The lowest BCUT2D eigenvalue weighted by atomic mass is 9.86. The number of unbranched alkanes of at least 4 members (excludes halogenated alkanes) is 1. The van der Waals surface area contributed by atoms with Crippen molar-refractivity contribution in [1.29, 1.82) is 0 Å². The van der Waals surface area contributed by atoms with Crippen molar-refractivity contribution in [1.82, 2.24) is 4.90 Å². The maximum absolute atomic E-state index is 12.2. The van der Waals surface area contributed by atoms with Gasteiger partial charge in [-0.05, 0) is 72.1 Å². The molecule has 5 heteroatoms. The average molecular weight is 380 g/mol. The zero-order chi connectivity index (χ0) is 19.7. The Bertz CT molecular complexity index is 503. The summed E-state index contributed by atoms with van der Waals surface area (Å²) in [7, 11) is 1.85. The van der Waals surface area contributed by atoms with E-state index in [0.29, 0.717) is 5.92 Å². The van der Waals surface area contributed by atoms with E-state index in [-0.39, 0.29) is 18.4 Å². The summed E-state index contributed by atoms with van der Waals surface area (Å²) in [5.74, 6) is 7.18. The van der Waals surface area contributed by atoms with Gasteiger partial charge in [0.1, 0.15) is 5.60 Å². The van der Waals surface area contributed by atoms with E-state index in [2.05, 4.69) is 11.8 Å². The molecule has 0 aromatic carbocycles. The Hall–Kier alpha value is -1.25. The molecule has 0 aromatic rings. The predicted molar refractivity (Wildman–Crippen MR) is 106 cm³/mol. The first-order valence-corrected chi connectivity index (χ1v) is 10.5. The third kappa shape index (κ3) is 8.53. The Kier molecular flexibility index (Phi) is 8.92. The highest BCUT2D eigenvalue weighted by atomic mass is 16.7. The van der Waals surface area contributed by atoms with Crippen molar-refractivity contribution < 1.29 is 19.0 Å². The number of hydrogen-bond donors (Lipinski definition) is 0. The van der Waals surface area contributed by atoms with E-state index in [1.807, 2.05) is 27.8 Å². The second kappa shape index (κ2) is 10.9. The molecule has 2 aliphatic rings. The van der Waals surface area contributed by atoms with Crippen LogP contribution in [0.2, 0.25) is 0 Å². The number of amides is 1. The van der Waals surface area contributed by atoms with E-state index in [0.717, 1.165) is 64.6 Å². The normalized spacial score (nSPS) is 26.0. The Labute approximate surface area is 165 Å². The summed E-state index contributed by atoms with van der Waals surface area (Å²) in [6.45, 7) is 7.26. The summed E-state index contributed by atoms with van der Waals surface area (Å²) < 4.78 is 16.8. The summed E-state index contributed by atoms with van der Waals surface area (Å²) in [6, 6.07) is 0.266. The van der Waals surface area contributed by atoms with Gasteiger partial charge in [-0.3, -0.25) is 0 Å². The van der Waals surface area contributed by atoms with Crippen molar-refractivity contribution >= 4 is 6.09 Å². The van der Waals surface area contributed by atoms with Gasteiger partial charge in [-0.15, -0.1) is 5.92 Å². The second-order valence-electron chi connectivity index (χ2n) is 8.69. The quantitative estimate of drug-likeness (QED) is 0.511. The lowest BCUT2D eigenvalue weighted by molar-refractivity contribution is -0.162. The minimum Gasteiger partial charge on any atom is -0.444 e. The van der Waals surface area contributed by atoms with Crippen molar-refractivity contribution in [2.75, 3.05) is 20.3 Å². The molecule has 1 unspecified atom stereocenters. The second-order valence-corrected chi connectivity index (χ2v) is 8.69. The first-order chi connectivity index (χ1) is 12.8. The monoisotopic (exact) mass is 379 g/mol. The van der Waals surface area contributed by atoms with Crippen LogP contribution < -0.4 is 0 Å². The molecule has 0 N–H and O–H groups in total. The van der Waals surface area contributed by atoms with Crippen LogP contribution >= 0.6 is 0 Å². The molecule has 5 nitrogen and oxygen atoms in total. The molecule has 1 aliphatic carbocycles. The number of nitrogens with zero attached hydrogens (tertiary/aromatic N) is 1. The van der Waals surface area contributed by atoms with Crippen LogP contribution in [0.3, 0.4) is 0 Å². The van der Waals surface area contributed by atoms with E-state index in [4.69, 9.17) is 14.2 Å². The van der Waals surface area contributed by atoms with Crippen LogP contribution in [0.4, 0.5) is 4.79 Å². The van der Waals surface area contributed by atoms with E-state index >= 15 is 0 Å². The predicted octanol–water partition coefficient (Wildman–Crippen LogP) is 4.74. The van der Waals surface area contributed by atoms with Gasteiger partial charge in [0.2, 0.25) is 0 Å². The van der Waals surface area contributed by atoms with E-state index in [9.17, 15) is 4.79 Å². The fraction of sp³-hybridized carbons (Fsp3) is 0.864. The molecule has 2 rings (SSSR count). The fourth-order valence-electron chi connectivity index (χ4n) is 3.52. The summed E-state index contributed by atoms with van der Waals surface area (Å²) in [4.78, 5) is 13.9. The molecular formula is C22H37NO4. The number of carbonyl (C=O) groups is 1. The van der Waals surface area contributed by atoms with Crippen molar-refractivity contribution in [3.63, 3.8) is 0 Å². The van der Waals surface area contributed by atoms with Gasteiger partial charge in [0, 0.05) is 32.0 Å². The Morgan fingerprint density at radius 3 is 2.52 bits per heavy atom. The molecule has 2 fully saturated rings. The van der Waals surface area contributed by atoms with Crippen LogP contribution in [0.1, 0.15) is 78.6 Å². The number of ether oxygens (including phenoxy) is 3. The minimum atomic E-state index is -0.444. The van der Waals surface area contributed by atoms with Crippen LogP contribution in [0.25, 0.3) is 0 Å². The third-order valence-corrected chi connectivity index (χ3v) is 5.12. The highest BCUT2D eigenvalue weighted by Gasteiger charge is 2.28. The van der Waals surface area contributed by atoms with Gasteiger partial charge in [-0.1, -0.05) is 5.92 Å². The molecule has 1 atom stereocenters. The maximum atomic E-state index is 12.2. The van der Waals surface area contributed by atoms with Crippen LogP contribution in [0.15, 0.2) is 0 Å². The van der Waals surface area contributed by atoms with E-state index < -0.39 is 5.60 Å². The molecule has 0 aromatic heterocycles. The van der Waals surface area contributed by atoms with Gasteiger partial charge in [-0.2, -0.15) is 0 Å². The number of rotatable bonds is 5. The molecule has 1 saturated heterocycles. The van der Waals surface area contributed by atoms with Gasteiger partial charge in [0.15, 0.2) is 6.29 Å². The molecular weight excluding hydrogens is 342 g/mol. The van der Waals surface area contributed by atoms with Gasteiger partial charge in [0.05, 0.1) is 6.61 Å². The topological polar surface area (TPSA) is 48.0 Å². The SMILES string of the molecule is CN(C(=O)OC(C)(C)C)[C@H]1CC[C@H](C#CCCCOC2CCCCO2)CC1. The van der Waals surface area contributed by atoms with Crippen LogP contribution in [-0.4, -0.2) is 49.2 Å². The molecule has 1 heterocycles. The van der Waals surface area contributed by atoms with Gasteiger partial charge in [-0.25, -0.2) is 4.79 Å². The first-order valence-electron chi connectivity index (χ1n) is 10.5. The molecule has 154 valence electrons. The molecule has 27 heavy (non-hydrogen) atoms. The zero-order valence-corrected chi connectivity index (χ0v) is 17.6. The lowest BCUT2D eigenvalue weighted by Crippen LogP contribution is -2.42. The molecule has 0 spiro atoms. The Balaban J connectivity index is 1.59.